The number of azo groups is 1. The number of rotatable bonds is 5. The summed E-state index contributed by atoms with van der Waals surface area (Å²) in [7, 11) is 0. The van der Waals surface area contributed by atoms with E-state index in [-0.39, 0.29) is 11.6 Å². The van der Waals surface area contributed by atoms with Crippen LogP contribution in [0.5, 0.6) is 0 Å². The lowest BCUT2D eigenvalue weighted by molar-refractivity contribution is -0.129. The van der Waals surface area contributed by atoms with Crippen LogP contribution >= 0.6 is 0 Å². The molecule has 0 atom stereocenters. The maximum atomic E-state index is 12.2. The molecule has 2 heterocycles. The summed E-state index contributed by atoms with van der Waals surface area (Å²) in [6, 6.07) is 24.8. The Morgan fingerprint density at radius 1 is 0.818 bits per heavy atom. The van der Waals surface area contributed by atoms with Crippen LogP contribution < -0.4 is 4.90 Å². The van der Waals surface area contributed by atoms with Crippen molar-refractivity contribution in [1.29, 1.82) is 0 Å². The van der Waals surface area contributed by atoms with E-state index in [0.717, 1.165) is 43.2 Å². The third kappa shape index (κ3) is 5.05. The van der Waals surface area contributed by atoms with Gasteiger partial charge in [0.25, 0.3) is 0 Å². The molecule has 33 heavy (non-hydrogen) atoms. The fraction of sp³-hybridized carbons (Fsp3) is 0.154. The van der Waals surface area contributed by atoms with Gasteiger partial charge >= 0.3 is 5.97 Å². The highest BCUT2D eigenvalue weighted by Gasteiger charge is 2.24. The zero-order valence-corrected chi connectivity index (χ0v) is 17.9. The number of ether oxygens (including phenoxy) is 2. The maximum Gasteiger partial charge on any atom is 0.363 e. The Labute approximate surface area is 191 Å². The summed E-state index contributed by atoms with van der Waals surface area (Å²) >= 11 is 0. The van der Waals surface area contributed by atoms with Crippen LogP contribution in [0.2, 0.25) is 0 Å². The third-order valence-corrected chi connectivity index (χ3v) is 5.34. The fourth-order valence-corrected chi connectivity index (χ4v) is 3.58. The Morgan fingerprint density at radius 2 is 1.45 bits per heavy atom. The molecule has 164 valence electrons. The van der Waals surface area contributed by atoms with Gasteiger partial charge in [-0.1, -0.05) is 30.3 Å². The van der Waals surface area contributed by atoms with Crippen molar-refractivity contribution in [3.05, 3.63) is 95.7 Å². The Balaban J connectivity index is 1.25. The van der Waals surface area contributed by atoms with Crippen molar-refractivity contribution in [2.45, 2.75) is 0 Å². The van der Waals surface area contributed by atoms with E-state index < -0.39 is 5.97 Å². The number of cyclic esters (lactones) is 1. The first-order valence-corrected chi connectivity index (χ1v) is 10.8. The number of hydrogen-bond donors (Lipinski definition) is 0. The molecule has 5 rings (SSSR count). The van der Waals surface area contributed by atoms with Gasteiger partial charge in [-0.05, 0) is 60.2 Å². The van der Waals surface area contributed by atoms with Crippen molar-refractivity contribution < 1.29 is 14.3 Å². The molecule has 2 aliphatic heterocycles. The molecule has 0 spiro atoms. The molecule has 1 saturated heterocycles. The highest BCUT2D eigenvalue weighted by molar-refractivity contribution is 6.12. The average Bonchev–Trinajstić information content (AvgIpc) is 3.24. The highest BCUT2D eigenvalue weighted by Crippen LogP contribution is 2.24. The number of morpholine rings is 1. The van der Waals surface area contributed by atoms with Crippen LogP contribution in [0.15, 0.2) is 99.8 Å². The number of nitrogens with zero attached hydrogens (tertiary/aromatic N) is 4. The number of benzene rings is 3. The Hall–Kier alpha value is -4.10. The van der Waals surface area contributed by atoms with E-state index >= 15 is 0 Å². The minimum atomic E-state index is -0.460. The monoisotopic (exact) mass is 438 g/mol. The number of carbonyl (C=O) groups is 1. The Kier molecular flexibility index (Phi) is 6.04. The van der Waals surface area contributed by atoms with Crippen LogP contribution in [0.1, 0.15) is 11.1 Å². The largest absolute Gasteiger partial charge is 0.402 e. The number of anilines is 1. The Bertz CT molecular complexity index is 1210. The molecule has 0 saturated carbocycles. The molecular weight excluding hydrogens is 416 g/mol. The van der Waals surface area contributed by atoms with Gasteiger partial charge in [-0.3, -0.25) is 0 Å². The molecule has 0 aliphatic carbocycles. The van der Waals surface area contributed by atoms with Gasteiger partial charge in [0.05, 0.1) is 24.6 Å². The maximum absolute atomic E-state index is 12.2. The van der Waals surface area contributed by atoms with E-state index in [1.54, 1.807) is 6.08 Å². The summed E-state index contributed by atoms with van der Waals surface area (Å²) < 4.78 is 10.7. The van der Waals surface area contributed by atoms with Gasteiger partial charge < -0.3 is 14.4 Å². The van der Waals surface area contributed by atoms with Crippen LogP contribution in [-0.2, 0) is 14.3 Å². The van der Waals surface area contributed by atoms with Crippen LogP contribution in [0.4, 0.5) is 17.1 Å². The summed E-state index contributed by atoms with van der Waals surface area (Å²) in [4.78, 5) is 18.8. The zero-order valence-electron chi connectivity index (χ0n) is 17.9. The Morgan fingerprint density at radius 3 is 2.12 bits per heavy atom. The van der Waals surface area contributed by atoms with Crippen molar-refractivity contribution in [3.63, 3.8) is 0 Å². The topological polar surface area (TPSA) is 75.8 Å². The van der Waals surface area contributed by atoms with Gasteiger partial charge in [0.1, 0.15) is 0 Å². The molecule has 0 aromatic heterocycles. The van der Waals surface area contributed by atoms with Crippen molar-refractivity contribution in [2.75, 3.05) is 31.2 Å². The predicted octanol–water partition coefficient (Wildman–Crippen LogP) is 5.28. The number of carbonyl (C=O) groups excluding carboxylic acids is 1. The highest BCUT2D eigenvalue weighted by atomic mass is 16.6. The van der Waals surface area contributed by atoms with E-state index in [1.165, 1.54) is 0 Å². The second kappa shape index (κ2) is 9.58. The number of esters is 1. The molecule has 0 radical (unpaired) electrons. The van der Waals surface area contributed by atoms with E-state index in [0.29, 0.717) is 11.3 Å². The van der Waals surface area contributed by atoms with Crippen molar-refractivity contribution in [1.82, 2.24) is 0 Å². The van der Waals surface area contributed by atoms with Gasteiger partial charge in [-0.25, -0.2) is 9.79 Å². The number of hydrogen-bond acceptors (Lipinski definition) is 7. The van der Waals surface area contributed by atoms with E-state index in [2.05, 4.69) is 32.3 Å². The van der Waals surface area contributed by atoms with Crippen molar-refractivity contribution in [2.24, 2.45) is 15.2 Å². The molecule has 3 aromatic carbocycles. The molecule has 7 nitrogen and oxygen atoms in total. The first-order valence-electron chi connectivity index (χ1n) is 10.8. The fourth-order valence-electron chi connectivity index (χ4n) is 3.58. The van der Waals surface area contributed by atoms with Crippen LogP contribution in [0.3, 0.4) is 0 Å². The van der Waals surface area contributed by atoms with E-state index in [4.69, 9.17) is 9.47 Å². The second-order valence-electron chi connectivity index (χ2n) is 7.61. The molecular formula is C26H22N4O3. The van der Waals surface area contributed by atoms with Crippen molar-refractivity contribution >= 4 is 35.0 Å². The van der Waals surface area contributed by atoms with E-state index in [9.17, 15) is 4.79 Å². The quantitative estimate of drug-likeness (QED) is 0.308. The summed E-state index contributed by atoms with van der Waals surface area (Å²) in [5, 5.41) is 8.62. The minimum Gasteiger partial charge on any atom is -0.402 e. The van der Waals surface area contributed by atoms with Crippen LogP contribution in [0.25, 0.3) is 6.08 Å². The number of aliphatic imine (C=N–C) groups is 1. The smallest absolute Gasteiger partial charge is 0.363 e. The average molecular weight is 438 g/mol. The molecule has 1 fully saturated rings. The van der Waals surface area contributed by atoms with Gasteiger partial charge in [0.15, 0.2) is 5.70 Å². The lowest BCUT2D eigenvalue weighted by atomic mass is 10.2. The van der Waals surface area contributed by atoms with Gasteiger partial charge in [0.2, 0.25) is 5.90 Å². The summed E-state index contributed by atoms with van der Waals surface area (Å²) in [5.74, 6) is -0.178. The third-order valence-electron chi connectivity index (χ3n) is 5.34. The predicted molar refractivity (Wildman–Crippen MR) is 127 cm³/mol. The van der Waals surface area contributed by atoms with Crippen LogP contribution in [-0.4, -0.2) is 38.2 Å². The van der Waals surface area contributed by atoms with Gasteiger partial charge in [-0.15, -0.1) is 0 Å². The standard InChI is InChI=1S/C26H22N4O3/c31-26-24(18-19-4-2-1-3-5-19)27-25(33-26)20-6-8-21(9-7-20)28-29-22-10-12-23(13-11-22)30-14-16-32-17-15-30/h1-13,18H,14-17H2/b24-18+,29-28?. The zero-order chi connectivity index (χ0) is 22.5. The molecule has 3 aromatic rings. The first-order chi connectivity index (χ1) is 16.2. The lowest BCUT2D eigenvalue weighted by Crippen LogP contribution is -2.36. The van der Waals surface area contributed by atoms with Gasteiger partial charge in [0, 0.05) is 24.3 Å². The molecule has 0 amide bonds. The molecule has 0 unspecified atom stereocenters. The van der Waals surface area contributed by atoms with Crippen molar-refractivity contribution in [3.8, 4) is 0 Å². The van der Waals surface area contributed by atoms with Crippen LogP contribution in [0, 0.1) is 0 Å². The lowest BCUT2D eigenvalue weighted by Gasteiger charge is -2.28. The van der Waals surface area contributed by atoms with Gasteiger partial charge in [-0.2, -0.15) is 10.2 Å². The first kappa shape index (κ1) is 20.8. The molecule has 2 aliphatic rings. The second-order valence-corrected chi connectivity index (χ2v) is 7.61. The van der Waals surface area contributed by atoms with E-state index in [1.807, 2.05) is 66.7 Å². The normalized spacial score (nSPS) is 17.5. The molecule has 0 N–H and O–H groups in total. The summed E-state index contributed by atoms with van der Waals surface area (Å²) in [6.45, 7) is 3.32. The SMILES string of the molecule is O=C1OC(c2ccc(N=Nc3ccc(N4CCOCC4)cc3)cc2)=N/C1=C/c1ccccc1. The summed E-state index contributed by atoms with van der Waals surface area (Å²) in [5.41, 5.74) is 4.51. The minimum absolute atomic E-state index is 0.278. The molecule has 7 heteroatoms. The summed E-state index contributed by atoms with van der Waals surface area (Å²) in [6.07, 6.45) is 1.71. The molecule has 0 bridgehead atoms.